The topological polar surface area (TPSA) is 57.6 Å². The molecule has 1 aromatic carbocycles. The largest absolute Gasteiger partial charge is 0.480 e. The molecule has 18 heavy (non-hydrogen) atoms. The number of hydrogen-bond acceptors (Lipinski definition) is 2. The Kier molecular flexibility index (Phi) is 4.50. The molecule has 0 aliphatic rings. The highest BCUT2D eigenvalue weighted by molar-refractivity contribution is 5.96. The third-order valence-corrected chi connectivity index (χ3v) is 2.49. The van der Waals surface area contributed by atoms with Gasteiger partial charge >= 0.3 is 5.97 Å². The highest BCUT2D eigenvalue weighted by atomic mass is 16.4. The quantitative estimate of drug-likeness (QED) is 0.820. The van der Waals surface area contributed by atoms with Gasteiger partial charge in [0, 0.05) is 17.2 Å². The van der Waals surface area contributed by atoms with Crippen LogP contribution in [-0.4, -0.2) is 34.5 Å². The molecule has 4 nitrogen and oxygen atoms in total. The molecule has 1 amide bonds. The van der Waals surface area contributed by atoms with Crippen LogP contribution in [0.2, 0.25) is 0 Å². The van der Waals surface area contributed by atoms with Crippen molar-refractivity contribution in [3.63, 3.8) is 0 Å². The van der Waals surface area contributed by atoms with E-state index < -0.39 is 5.97 Å². The number of hydrogen-bond donors (Lipinski definition) is 1. The number of carbonyl (C=O) groups is 2. The van der Waals surface area contributed by atoms with E-state index >= 15 is 0 Å². The van der Waals surface area contributed by atoms with Crippen molar-refractivity contribution in [1.82, 2.24) is 4.90 Å². The lowest BCUT2D eigenvalue weighted by Gasteiger charge is -2.24. The van der Waals surface area contributed by atoms with E-state index in [0.717, 1.165) is 0 Å². The molecule has 0 aliphatic carbocycles. The highest BCUT2D eigenvalue weighted by Gasteiger charge is 2.20. The number of carboxylic acids is 1. The van der Waals surface area contributed by atoms with Crippen molar-refractivity contribution in [1.29, 1.82) is 0 Å². The number of amides is 1. The van der Waals surface area contributed by atoms with Crippen molar-refractivity contribution in [2.75, 3.05) is 6.54 Å². The van der Waals surface area contributed by atoms with Gasteiger partial charge in [0.05, 0.1) is 0 Å². The summed E-state index contributed by atoms with van der Waals surface area (Å²) >= 11 is 0. The molecule has 0 saturated heterocycles. The van der Waals surface area contributed by atoms with E-state index in [1.165, 1.54) is 4.90 Å². The maximum absolute atomic E-state index is 12.1. The molecule has 0 fully saturated rings. The Bertz CT molecular complexity index is 483. The van der Waals surface area contributed by atoms with Gasteiger partial charge < -0.3 is 10.0 Å². The summed E-state index contributed by atoms with van der Waals surface area (Å²) in [4.78, 5) is 24.2. The first-order valence-corrected chi connectivity index (χ1v) is 5.55. The minimum absolute atomic E-state index is 0.180. The monoisotopic (exact) mass is 245 g/mol. The molecule has 0 heterocycles. The maximum atomic E-state index is 12.1. The molecule has 4 heteroatoms. The fourth-order valence-corrected chi connectivity index (χ4v) is 1.51. The van der Waals surface area contributed by atoms with Crippen LogP contribution in [0.15, 0.2) is 24.3 Å². The first-order chi connectivity index (χ1) is 8.45. The average Bonchev–Trinajstić information content (AvgIpc) is 2.34. The van der Waals surface area contributed by atoms with Crippen LogP contribution in [0, 0.1) is 12.3 Å². The summed E-state index contributed by atoms with van der Waals surface area (Å²) in [6, 6.07) is 6.35. The summed E-state index contributed by atoms with van der Waals surface area (Å²) in [5.74, 6) is 1.12. The zero-order chi connectivity index (χ0) is 13.7. The van der Waals surface area contributed by atoms with Gasteiger partial charge in [-0.3, -0.25) is 9.59 Å². The molecule has 1 aromatic rings. The van der Waals surface area contributed by atoms with Gasteiger partial charge in [-0.05, 0) is 38.1 Å². The van der Waals surface area contributed by atoms with Gasteiger partial charge in [0.15, 0.2) is 0 Å². The number of aliphatic carboxylic acids is 1. The molecule has 1 N–H and O–H groups in total. The van der Waals surface area contributed by atoms with Crippen LogP contribution in [0.5, 0.6) is 0 Å². The van der Waals surface area contributed by atoms with Crippen molar-refractivity contribution < 1.29 is 14.7 Å². The van der Waals surface area contributed by atoms with E-state index in [4.69, 9.17) is 11.5 Å². The minimum atomic E-state index is -1.03. The summed E-state index contributed by atoms with van der Waals surface area (Å²) in [6.07, 6.45) is 5.23. The first kappa shape index (κ1) is 13.8. The second-order valence-electron chi connectivity index (χ2n) is 4.14. The lowest BCUT2D eigenvalue weighted by molar-refractivity contribution is -0.138. The van der Waals surface area contributed by atoms with Gasteiger partial charge in [-0.25, -0.2) is 0 Å². The molecule has 1 rings (SSSR count). The second kappa shape index (κ2) is 5.87. The predicted octanol–water partition coefficient (Wildman–Crippen LogP) is 1.60. The van der Waals surface area contributed by atoms with Crippen LogP contribution >= 0.6 is 0 Å². The molecule has 0 spiro atoms. The first-order valence-electron chi connectivity index (χ1n) is 5.55. The smallest absolute Gasteiger partial charge is 0.323 e. The van der Waals surface area contributed by atoms with E-state index in [-0.39, 0.29) is 18.5 Å². The lowest BCUT2D eigenvalue weighted by atomic mass is 10.1. The standard InChI is InChI=1S/C14H15NO3/c1-4-11-5-7-12(8-6-11)14(18)15(10(2)3)9-13(16)17/h1,5-8,10H,9H2,2-3H3,(H,16,17). The van der Waals surface area contributed by atoms with Crippen LogP contribution in [0.4, 0.5) is 0 Å². The average molecular weight is 245 g/mol. The zero-order valence-electron chi connectivity index (χ0n) is 10.4. The number of nitrogens with zero attached hydrogens (tertiary/aromatic N) is 1. The zero-order valence-corrected chi connectivity index (χ0v) is 10.4. The van der Waals surface area contributed by atoms with Crippen LogP contribution in [-0.2, 0) is 4.79 Å². The Morgan fingerprint density at radius 2 is 1.89 bits per heavy atom. The van der Waals surface area contributed by atoms with Crippen LogP contribution in [0.3, 0.4) is 0 Å². The minimum Gasteiger partial charge on any atom is -0.480 e. The van der Waals surface area contributed by atoms with Gasteiger partial charge in [0.25, 0.3) is 5.91 Å². The van der Waals surface area contributed by atoms with Crippen LogP contribution in [0.25, 0.3) is 0 Å². The normalized spacial score (nSPS) is 9.89. The van der Waals surface area contributed by atoms with Crippen LogP contribution < -0.4 is 0 Å². The molecule has 0 radical (unpaired) electrons. The molecule has 0 saturated carbocycles. The van der Waals surface area contributed by atoms with Crippen molar-refractivity contribution in [3.8, 4) is 12.3 Å². The van der Waals surface area contributed by atoms with E-state index in [1.54, 1.807) is 38.1 Å². The van der Waals surface area contributed by atoms with E-state index in [2.05, 4.69) is 5.92 Å². The van der Waals surface area contributed by atoms with Crippen LogP contribution in [0.1, 0.15) is 29.8 Å². The Hall–Kier alpha value is -2.28. The van der Waals surface area contributed by atoms with Crippen molar-refractivity contribution in [2.45, 2.75) is 19.9 Å². The fraction of sp³-hybridized carbons (Fsp3) is 0.286. The third-order valence-electron chi connectivity index (χ3n) is 2.49. The highest BCUT2D eigenvalue weighted by Crippen LogP contribution is 2.09. The van der Waals surface area contributed by atoms with Gasteiger partial charge in [0.1, 0.15) is 6.54 Å². The van der Waals surface area contributed by atoms with Gasteiger partial charge in [0.2, 0.25) is 0 Å². The van der Waals surface area contributed by atoms with Gasteiger partial charge in [-0.2, -0.15) is 0 Å². The number of benzene rings is 1. The van der Waals surface area contributed by atoms with Crippen molar-refractivity contribution in [3.05, 3.63) is 35.4 Å². The Balaban J connectivity index is 2.95. The lowest BCUT2D eigenvalue weighted by Crippen LogP contribution is -2.40. The number of terminal acetylenes is 1. The van der Waals surface area contributed by atoms with E-state index in [0.29, 0.717) is 11.1 Å². The SMILES string of the molecule is C#Cc1ccc(C(=O)N(CC(=O)O)C(C)C)cc1. The van der Waals surface area contributed by atoms with Crippen molar-refractivity contribution in [2.24, 2.45) is 0 Å². The molecule has 0 aliphatic heterocycles. The maximum Gasteiger partial charge on any atom is 0.323 e. The van der Waals surface area contributed by atoms with E-state index in [9.17, 15) is 9.59 Å². The van der Waals surface area contributed by atoms with Gasteiger partial charge in [-0.15, -0.1) is 6.42 Å². The fourth-order valence-electron chi connectivity index (χ4n) is 1.51. The Morgan fingerprint density at radius 3 is 2.28 bits per heavy atom. The molecule has 0 unspecified atom stereocenters. The molecular weight excluding hydrogens is 230 g/mol. The Labute approximate surface area is 106 Å². The summed E-state index contributed by atoms with van der Waals surface area (Å²) in [6.45, 7) is 3.24. The number of carboxylic acid groups (broad SMARTS) is 1. The molecule has 94 valence electrons. The Morgan fingerprint density at radius 1 is 1.33 bits per heavy atom. The number of rotatable bonds is 4. The van der Waals surface area contributed by atoms with E-state index in [1.807, 2.05) is 0 Å². The number of carbonyl (C=O) groups excluding carboxylic acids is 1. The third kappa shape index (κ3) is 3.36. The molecular formula is C14H15NO3. The predicted molar refractivity (Wildman–Crippen MR) is 68.2 cm³/mol. The second-order valence-corrected chi connectivity index (χ2v) is 4.14. The van der Waals surface area contributed by atoms with Gasteiger partial charge in [-0.1, -0.05) is 5.92 Å². The molecule has 0 atom stereocenters. The summed E-state index contributed by atoms with van der Waals surface area (Å²) in [7, 11) is 0. The summed E-state index contributed by atoms with van der Waals surface area (Å²) in [5, 5.41) is 8.79. The molecule has 0 aromatic heterocycles. The van der Waals surface area contributed by atoms with Crippen molar-refractivity contribution >= 4 is 11.9 Å². The molecule has 0 bridgehead atoms. The summed E-state index contributed by atoms with van der Waals surface area (Å²) in [5.41, 5.74) is 1.12. The summed E-state index contributed by atoms with van der Waals surface area (Å²) < 4.78 is 0.